The average Bonchev–Trinajstić information content (AvgIpc) is 3.09. The molecule has 0 saturated heterocycles. The highest BCUT2D eigenvalue weighted by Crippen LogP contribution is 2.75. The highest BCUT2D eigenvalue weighted by atomic mass is 16.5. The first-order valence-corrected chi connectivity index (χ1v) is 22.7. The summed E-state index contributed by atoms with van der Waals surface area (Å²) >= 11 is 0. The molecule has 0 amide bonds. The first-order valence-electron chi connectivity index (χ1n) is 22.7. The fourth-order valence-corrected chi connectivity index (χ4v) is 13.3. The third-order valence-electron chi connectivity index (χ3n) is 17.3. The van der Waals surface area contributed by atoms with Crippen LogP contribution in [0.5, 0.6) is 0 Å². The number of rotatable bonds is 18. The Bertz CT molecular complexity index is 1250. The standard InChI is InChI=1S/C48H82O4/c1-9-10-11-12-13-14-15-16-17-18-19-20-21-22-23-24-33-52-42(51)45(5)30-29-44(4)31-32-47(7)36(37(44)35-45)34-38(49)41-46(6)27-26-40(50)43(2,3)39(46)25-28-48(41,47)8/h34,37,39-41,50H,9-33,35H2,1-8H3/t37-,39+,40+,41-,44-,45+,46+,47-,48-/m1/s1. The van der Waals surface area contributed by atoms with Gasteiger partial charge in [-0.15, -0.1) is 0 Å². The van der Waals surface area contributed by atoms with E-state index in [1.807, 2.05) is 0 Å². The SMILES string of the molecule is CCCCCCCCCCCCCCCCCCOC(=O)[C@@]1(C)CC[C@]2(C)CC[C@]3(C)C(=CC(=O)[C@@H]4[C@@]5(C)CC[C@H](O)C(C)(C)[C@@H]5CC[C@]43C)[C@H]2C1. The normalized spacial score (nSPS) is 39.5. The molecule has 5 rings (SSSR count). The molecule has 0 heterocycles. The minimum Gasteiger partial charge on any atom is -0.465 e. The van der Waals surface area contributed by atoms with Crippen molar-refractivity contribution in [1.29, 1.82) is 0 Å². The van der Waals surface area contributed by atoms with Crippen molar-refractivity contribution >= 4 is 11.8 Å². The smallest absolute Gasteiger partial charge is 0.311 e. The van der Waals surface area contributed by atoms with E-state index in [0.29, 0.717) is 18.3 Å². The van der Waals surface area contributed by atoms with Crippen LogP contribution in [-0.2, 0) is 14.3 Å². The number of carbonyl (C=O) groups is 2. The Morgan fingerprint density at radius 2 is 1.25 bits per heavy atom. The maximum absolute atomic E-state index is 14.6. The summed E-state index contributed by atoms with van der Waals surface area (Å²) < 4.78 is 6.06. The zero-order chi connectivity index (χ0) is 37.8. The number of esters is 1. The number of hydrogen-bond donors (Lipinski definition) is 1. The van der Waals surface area contributed by atoms with E-state index in [1.54, 1.807) is 0 Å². The third-order valence-corrected chi connectivity index (χ3v) is 17.3. The molecular weight excluding hydrogens is 641 g/mol. The Hall–Kier alpha value is -1.16. The van der Waals surface area contributed by atoms with Crippen LogP contribution >= 0.6 is 0 Å². The number of carbonyl (C=O) groups excluding carboxylic acids is 2. The molecule has 0 bridgehead atoms. The molecule has 0 unspecified atom stereocenters. The van der Waals surface area contributed by atoms with Crippen LogP contribution in [0.2, 0.25) is 0 Å². The minimum atomic E-state index is -0.494. The lowest BCUT2D eigenvalue weighted by Gasteiger charge is -2.70. The molecule has 5 aliphatic rings. The quantitative estimate of drug-likeness (QED) is 0.113. The van der Waals surface area contributed by atoms with Gasteiger partial charge in [-0.2, -0.15) is 0 Å². The zero-order valence-electron chi connectivity index (χ0n) is 35.4. The molecule has 4 fully saturated rings. The van der Waals surface area contributed by atoms with Crippen LogP contribution in [0.4, 0.5) is 0 Å². The molecule has 0 spiro atoms. The van der Waals surface area contributed by atoms with Gasteiger partial charge in [-0.1, -0.05) is 150 Å². The number of allylic oxidation sites excluding steroid dienone is 2. The second-order valence-electron chi connectivity index (χ2n) is 21.1. The lowest BCUT2D eigenvalue weighted by molar-refractivity contribution is -0.202. The van der Waals surface area contributed by atoms with Gasteiger partial charge in [0.25, 0.3) is 0 Å². The summed E-state index contributed by atoms with van der Waals surface area (Å²) in [7, 11) is 0. The lowest BCUT2D eigenvalue weighted by Crippen LogP contribution is -2.66. The molecule has 0 aromatic rings. The highest BCUT2D eigenvalue weighted by Gasteiger charge is 2.70. The second-order valence-corrected chi connectivity index (χ2v) is 21.1. The van der Waals surface area contributed by atoms with Crippen LogP contribution in [0.1, 0.15) is 216 Å². The number of aliphatic hydroxyl groups excluding tert-OH is 1. The second kappa shape index (κ2) is 16.9. The van der Waals surface area contributed by atoms with Crippen molar-refractivity contribution in [3.05, 3.63) is 11.6 Å². The fraction of sp³-hybridized carbons (Fsp3) is 0.917. The predicted octanol–water partition coefficient (Wildman–Crippen LogP) is 13.1. The van der Waals surface area contributed by atoms with Crippen LogP contribution in [0.15, 0.2) is 11.6 Å². The summed E-state index contributed by atoms with van der Waals surface area (Å²) in [5.41, 5.74) is 0.546. The molecule has 298 valence electrons. The maximum atomic E-state index is 14.6. The maximum Gasteiger partial charge on any atom is 0.311 e. The van der Waals surface area contributed by atoms with Crippen molar-refractivity contribution in [3.8, 4) is 0 Å². The summed E-state index contributed by atoms with van der Waals surface area (Å²) in [6.45, 7) is 19.3. The van der Waals surface area contributed by atoms with Gasteiger partial charge in [-0.05, 0) is 116 Å². The van der Waals surface area contributed by atoms with E-state index in [-0.39, 0.29) is 51.0 Å². The highest BCUT2D eigenvalue weighted by molar-refractivity contribution is 5.95. The molecule has 52 heavy (non-hydrogen) atoms. The number of ether oxygens (including phenoxy) is 1. The molecule has 9 atom stereocenters. The molecule has 4 heteroatoms. The number of fused-ring (bicyclic) bond motifs is 7. The van der Waals surface area contributed by atoms with Crippen LogP contribution in [0.3, 0.4) is 0 Å². The molecule has 5 aliphatic carbocycles. The van der Waals surface area contributed by atoms with Gasteiger partial charge in [0.1, 0.15) is 0 Å². The van der Waals surface area contributed by atoms with Crippen molar-refractivity contribution in [2.75, 3.05) is 6.61 Å². The van der Waals surface area contributed by atoms with E-state index in [9.17, 15) is 14.7 Å². The molecule has 0 aliphatic heterocycles. The predicted molar refractivity (Wildman–Crippen MR) is 216 cm³/mol. The molecule has 1 N–H and O–H groups in total. The molecule has 4 saturated carbocycles. The molecular formula is C48H82O4. The third kappa shape index (κ3) is 8.05. The molecule has 0 radical (unpaired) electrons. The van der Waals surface area contributed by atoms with Crippen LogP contribution in [0.25, 0.3) is 0 Å². The zero-order valence-corrected chi connectivity index (χ0v) is 35.4. The van der Waals surface area contributed by atoms with Crippen molar-refractivity contribution in [1.82, 2.24) is 0 Å². The summed E-state index contributed by atoms with van der Waals surface area (Å²) in [6.07, 6.45) is 32.1. The first-order chi connectivity index (χ1) is 24.6. The average molecular weight is 723 g/mol. The molecule has 0 aromatic heterocycles. The van der Waals surface area contributed by atoms with E-state index < -0.39 is 5.41 Å². The lowest BCUT2D eigenvalue weighted by atomic mass is 9.33. The van der Waals surface area contributed by atoms with Crippen molar-refractivity contribution in [3.63, 3.8) is 0 Å². The van der Waals surface area contributed by atoms with Crippen molar-refractivity contribution in [2.45, 2.75) is 222 Å². The molecule has 4 nitrogen and oxygen atoms in total. The topological polar surface area (TPSA) is 63.6 Å². The largest absolute Gasteiger partial charge is 0.465 e. The summed E-state index contributed by atoms with van der Waals surface area (Å²) in [5.74, 6) is 0.899. The Balaban J connectivity index is 1.10. The Morgan fingerprint density at radius 1 is 0.712 bits per heavy atom. The van der Waals surface area contributed by atoms with E-state index in [2.05, 4.69) is 61.5 Å². The van der Waals surface area contributed by atoms with Crippen molar-refractivity contribution < 1.29 is 19.4 Å². The van der Waals surface area contributed by atoms with E-state index >= 15 is 0 Å². The van der Waals surface area contributed by atoms with E-state index in [1.165, 1.54) is 95.5 Å². The van der Waals surface area contributed by atoms with Gasteiger partial charge < -0.3 is 9.84 Å². The number of unbranched alkanes of at least 4 members (excludes halogenated alkanes) is 15. The Labute approximate surface area is 320 Å². The monoisotopic (exact) mass is 723 g/mol. The van der Waals surface area contributed by atoms with E-state index in [4.69, 9.17) is 4.74 Å². The van der Waals surface area contributed by atoms with Gasteiger partial charge in [0.05, 0.1) is 18.1 Å². The first kappa shape index (κ1) is 42.0. The van der Waals surface area contributed by atoms with Gasteiger partial charge in [-0.25, -0.2) is 0 Å². The summed E-state index contributed by atoms with van der Waals surface area (Å²) in [4.78, 5) is 28.4. The summed E-state index contributed by atoms with van der Waals surface area (Å²) in [6, 6.07) is 0. The molecule has 0 aromatic carbocycles. The Morgan fingerprint density at radius 3 is 1.83 bits per heavy atom. The summed E-state index contributed by atoms with van der Waals surface area (Å²) in [5, 5.41) is 11.0. The number of ketones is 1. The van der Waals surface area contributed by atoms with Gasteiger partial charge in [-0.3, -0.25) is 9.59 Å². The fourth-order valence-electron chi connectivity index (χ4n) is 13.3. The minimum absolute atomic E-state index is 0.00868. The number of aliphatic hydroxyl groups is 1. The van der Waals surface area contributed by atoms with Gasteiger partial charge in [0, 0.05) is 5.92 Å². The number of hydrogen-bond acceptors (Lipinski definition) is 4. The van der Waals surface area contributed by atoms with Gasteiger partial charge in [0.2, 0.25) is 0 Å². The van der Waals surface area contributed by atoms with Crippen molar-refractivity contribution in [2.24, 2.45) is 50.2 Å². The van der Waals surface area contributed by atoms with Crippen LogP contribution in [-0.4, -0.2) is 29.6 Å². The van der Waals surface area contributed by atoms with Crippen LogP contribution < -0.4 is 0 Å². The Kier molecular flexibility index (Phi) is 13.7. The van der Waals surface area contributed by atoms with Crippen LogP contribution in [0, 0.1) is 50.2 Å². The van der Waals surface area contributed by atoms with E-state index in [0.717, 1.165) is 70.6 Å². The van der Waals surface area contributed by atoms with Gasteiger partial charge in [0.15, 0.2) is 5.78 Å². The van der Waals surface area contributed by atoms with Gasteiger partial charge >= 0.3 is 5.97 Å².